The van der Waals surface area contributed by atoms with E-state index in [9.17, 15) is 19.2 Å². The van der Waals surface area contributed by atoms with Crippen molar-refractivity contribution in [3.8, 4) is 0 Å². The number of aliphatic hydroxyl groups is 1. The maximum absolute atomic E-state index is 12.8. The minimum atomic E-state index is -1.21. The maximum Gasteiger partial charge on any atom is 0.322 e. The number of carbonyl (C=O) groups is 4. The van der Waals surface area contributed by atoms with Crippen LogP contribution in [0.2, 0.25) is 0 Å². The molecule has 3 unspecified atom stereocenters. The maximum atomic E-state index is 12.8. The van der Waals surface area contributed by atoms with Crippen LogP contribution < -0.4 is 21.7 Å². The predicted octanol–water partition coefficient (Wildman–Crippen LogP) is -2.80. The van der Waals surface area contributed by atoms with Crippen molar-refractivity contribution in [3.05, 3.63) is 18.2 Å². The predicted molar refractivity (Wildman–Crippen MR) is 105 cm³/mol. The van der Waals surface area contributed by atoms with Crippen LogP contribution >= 0.6 is 11.8 Å². The molecule has 1 aromatic heterocycles. The van der Waals surface area contributed by atoms with Crippen LogP contribution in [0.4, 0.5) is 0 Å². The summed E-state index contributed by atoms with van der Waals surface area (Å²) in [5.74, 6) is -2.71. The number of carboxylic acid groups (broad SMARTS) is 1. The van der Waals surface area contributed by atoms with Gasteiger partial charge >= 0.3 is 5.97 Å². The summed E-state index contributed by atoms with van der Waals surface area (Å²) < 4.78 is 0. The fourth-order valence-electron chi connectivity index (χ4n) is 2.25. The van der Waals surface area contributed by atoms with Crippen LogP contribution in [0.5, 0.6) is 0 Å². The molecule has 0 fully saturated rings. The highest BCUT2D eigenvalue weighted by Gasteiger charge is 2.28. The Morgan fingerprint density at radius 1 is 1.21 bits per heavy atom. The number of H-pyrrole nitrogens is 1. The fraction of sp³-hybridized carbons (Fsp3) is 0.562. The first kappa shape index (κ1) is 24.4. The average Bonchev–Trinajstić information content (AvgIpc) is 3.20. The lowest BCUT2D eigenvalue weighted by Gasteiger charge is -2.23. The largest absolute Gasteiger partial charge is 0.480 e. The van der Waals surface area contributed by atoms with Gasteiger partial charge in [-0.05, 0) is 18.4 Å². The zero-order valence-electron chi connectivity index (χ0n) is 15.9. The van der Waals surface area contributed by atoms with E-state index in [-0.39, 0.29) is 12.8 Å². The van der Waals surface area contributed by atoms with Crippen LogP contribution in [0.1, 0.15) is 12.1 Å². The van der Waals surface area contributed by atoms with Crippen LogP contribution in [-0.4, -0.2) is 87.2 Å². The number of thioether (sulfide) groups is 1. The summed E-state index contributed by atoms with van der Waals surface area (Å²) in [6.07, 6.45) is 5.02. The number of hydrogen-bond donors (Lipinski definition) is 7. The Morgan fingerprint density at radius 3 is 2.45 bits per heavy atom. The lowest BCUT2D eigenvalue weighted by atomic mass is 10.1. The smallest absolute Gasteiger partial charge is 0.322 e. The van der Waals surface area contributed by atoms with Crippen LogP contribution in [-0.2, 0) is 25.6 Å². The zero-order valence-corrected chi connectivity index (χ0v) is 16.7. The molecule has 3 amide bonds. The number of nitrogens with two attached hydrogens (primary N) is 1. The van der Waals surface area contributed by atoms with Gasteiger partial charge in [0.05, 0.1) is 12.9 Å². The Kier molecular flexibility index (Phi) is 10.7. The van der Waals surface area contributed by atoms with Crippen molar-refractivity contribution in [2.75, 3.05) is 25.2 Å². The number of carboxylic acids is 1. The van der Waals surface area contributed by atoms with E-state index in [2.05, 4.69) is 25.9 Å². The van der Waals surface area contributed by atoms with Gasteiger partial charge in [0.1, 0.15) is 24.7 Å². The summed E-state index contributed by atoms with van der Waals surface area (Å²) in [6, 6.07) is -3.29. The second-order valence-corrected chi connectivity index (χ2v) is 7.07. The molecule has 1 rings (SSSR count). The number of aromatic nitrogens is 2. The number of imidazole rings is 1. The Balaban J connectivity index is 2.89. The van der Waals surface area contributed by atoms with E-state index >= 15 is 0 Å². The normalized spacial score (nSPS) is 13.8. The number of rotatable bonds is 13. The fourth-order valence-corrected chi connectivity index (χ4v) is 2.72. The molecular weight excluding hydrogens is 404 g/mol. The van der Waals surface area contributed by atoms with Crippen molar-refractivity contribution in [1.29, 1.82) is 0 Å². The van der Waals surface area contributed by atoms with E-state index in [1.54, 1.807) is 0 Å². The summed E-state index contributed by atoms with van der Waals surface area (Å²) in [5.41, 5.74) is 6.04. The third-order valence-corrected chi connectivity index (χ3v) is 4.45. The highest BCUT2D eigenvalue weighted by Crippen LogP contribution is 2.04. The van der Waals surface area contributed by atoms with Gasteiger partial charge in [0.15, 0.2) is 0 Å². The standard InChI is InChI=1S/C16H26N6O6S/c1-29-3-2-11(15(27)19-6-13(24)25)21-16(28)12(4-9-5-18-8-20-9)22-14(26)10(17)7-23/h5,8,10-12,23H,2-4,6-7,17H2,1H3,(H,18,20)(H,19,27)(H,21,28)(H,22,26)(H,24,25). The first-order chi connectivity index (χ1) is 13.8. The number of carbonyl (C=O) groups excluding carboxylic acids is 3. The summed E-state index contributed by atoms with van der Waals surface area (Å²) in [6.45, 7) is -1.18. The first-order valence-corrected chi connectivity index (χ1v) is 10.1. The molecule has 1 aromatic rings. The molecule has 0 radical (unpaired) electrons. The Labute approximate surface area is 171 Å². The molecule has 3 atom stereocenters. The van der Waals surface area contributed by atoms with Crippen LogP contribution in [0.3, 0.4) is 0 Å². The van der Waals surface area contributed by atoms with Crippen molar-refractivity contribution in [2.45, 2.75) is 31.0 Å². The van der Waals surface area contributed by atoms with Crippen LogP contribution in [0, 0.1) is 0 Å². The van der Waals surface area contributed by atoms with Crippen molar-refractivity contribution < 1.29 is 29.4 Å². The molecule has 29 heavy (non-hydrogen) atoms. The number of aliphatic carboxylic acids is 1. The molecule has 0 saturated heterocycles. The third kappa shape index (κ3) is 8.93. The third-order valence-electron chi connectivity index (χ3n) is 3.80. The molecule has 0 aromatic carbocycles. The molecule has 12 nitrogen and oxygen atoms in total. The second-order valence-electron chi connectivity index (χ2n) is 6.09. The van der Waals surface area contributed by atoms with E-state index < -0.39 is 55.0 Å². The lowest BCUT2D eigenvalue weighted by Crippen LogP contribution is -2.57. The molecule has 0 aliphatic heterocycles. The van der Waals surface area contributed by atoms with Gasteiger partial charge in [0.2, 0.25) is 17.7 Å². The zero-order chi connectivity index (χ0) is 21.8. The van der Waals surface area contributed by atoms with E-state index in [1.165, 1.54) is 24.3 Å². The lowest BCUT2D eigenvalue weighted by molar-refractivity contribution is -0.138. The van der Waals surface area contributed by atoms with Gasteiger partial charge in [0, 0.05) is 18.3 Å². The molecular formula is C16H26N6O6S. The summed E-state index contributed by atoms with van der Waals surface area (Å²) in [5, 5.41) is 25.0. The molecule has 8 N–H and O–H groups in total. The number of amides is 3. The quantitative estimate of drug-likeness (QED) is 0.173. The minimum absolute atomic E-state index is 0.0434. The molecule has 1 heterocycles. The molecule has 0 aliphatic rings. The molecule has 0 aliphatic carbocycles. The van der Waals surface area contributed by atoms with Gasteiger partial charge in [-0.15, -0.1) is 0 Å². The SMILES string of the molecule is CSCCC(NC(=O)C(Cc1cnc[nH]1)NC(=O)C(N)CO)C(=O)NCC(=O)O. The Hall–Kier alpha value is -2.64. The van der Waals surface area contributed by atoms with Crippen molar-refractivity contribution in [1.82, 2.24) is 25.9 Å². The number of nitrogens with zero attached hydrogens (tertiary/aromatic N) is 1. The minimum Gasteiger partial charge on any atom is -0.480 e. The Morgan fingerprint density at radius 2 is 1.90 bits per heavy atom. The van der Waals surface area contributed by atoms with Gasteiger partial charge in [-0.1, -0.05) is 0 Å². The van der Waals surface area contributed by atoms with Gasteiger partial charge in [-0.2, -0.15) is 11.8 Å². The van der Waals surface area contributed by atoms with E-state index in [4.69, 9.17) is 15.9 Å². The number of hydrogen-bond acceptors (Lipinski definition) is 8. The molecule has 0 saturated carbocycles. The molecule has 0 bridgehead atoms. The van der Waals surface area contributed by atoms with Gasteiger partial charge < -0.3 is 36.9 Å². The summed E-state index contributed by atoms with van der Waals surface area (Å²) in [7, 11) is 0. The van der Waals surface area contributed by atoms with Gasteiger partial charge in [-0.25, -0.2) is 4.98 Å². The van der Waals surface area contributed by atoms with Crippen molar-refractivity contribution in [2.24, 2.45) is 5.73 Å². The Bertz CT molecular complexity index is 685. The monoisotopic (exact) mass is 430 g/mol. The first-order valence-electron chi connectivity index (χ1n) is 8.71. The van der Waals surface area contributed by atoms with E-state index in [0.29, 0.717) is 11.4 Å². The van der Waals surface area contributed by atoms with Gasteiger partial charge in [0.25, 0.3) is 0 Å². The molecule has 13 heteroatoms. The van der Waals surface area contributed by atoms with Crippen LogP contribution in [0.25, 0.3) is 0 Å². The number of aromatic amines is 1. The highest BCUT2D eigenvalue weighted by molar-refractivity contribution is 7.98. The highest BCUT2D eigenvalue weighted by atomic mass is 32.2. The van der Waals surface area contributed by atoms with E-state index in [1.807, 2.05) is 6.26 Å². The number of aliphatic hydroxyl groups excluding tert-OH is 1. The van der Waals surface area contributed by atoms with Gasteiger partial charge in [-0.3, -0.25) is 19.2 Å². The average molecular weight is 430 g/mol. The van der Waals surface area contributed by atoms with E-state index in [0.717, 1.165) is 0 Å². The summed E-state index contributed by atoms with van der Waals surface area (Å²) in [4.78, 5) is 54.4. The summed E-state index contributed by atoms with van der Waals surface area (Å²) >= 11 is 1.45. The van der Waals surface area contributed by atoms with Crippen molar-refractivity contribution in [3.63, 3.8) is 0 Å². The van der Waals surface area contributed by atoms with Crippen molar-refractivity contribution >= 4 is 35.5 Å². The molecule has 0 spiro atoms. The topological polar surface area (TPSA) is 200 Å². The molecule has 162 valence electrons. The van der Waals surface area contributed by atoms with Crippen LogP contribution in [0.15, 0.2) is 12.5 Å². The second kappa shape index (κ2) is 12.7. The number of nitrogens with one attached hydrogen (secondary N) is 4.